The molecule has 114 valence electrons. The molecule has 2 aliphatic rings. The first-order valence-corrected chi connectivity index (χ1v) is 6.83. The summed E-state index contributed by atoms with van der Waals surface area (Å²) in [6.07, 6.45) is -3.60. The Bertz CT molecular complexity index is 580. The van der Waals surface area contributed by atoms with Gasteiger partial charge < -0.3 is 15.5 Å². The Kier molecular flexibility index (Phi) is 3.32. The van der Waals surface area contributed by atoms with E-state index in [9.17, 15) is 18.0 Å². The molecular weight excluding hydrogens is 283 g/mol. The highest BCUT2D eigenvalue weighted by atomic mass is 19.4. The largest absolute Gasteiger partial charge is 0.416 e. The average Bonchev–Trinajstić information content (AvgIpc) is 2.99. The molecule has 0 spiro atoms. The number of nitrogens with one attached hydrogen (secondary N) is 2. The summed E-state index contributed by atoms with van der Waals surface area (Å²) >= 11 is 0. The fourth-order valence-electron chi connectivity index (χ4n) is 2.90. The maximum Gasteiger partial charge on any atom is 0.416 e. The molecule has 0 bridgehead atoms. The molecule has 0 radical (unpaired) electrons. The standard InChI is InChI=1S/C14H16F3N3O/c1-20-7-11-10(13(20)21)4-9(5-12(11)14(15,16)17)19-8-2-3-18-6-8/h4-5,8,18-19H,2-3,6-7H2,1H3. The maximum absolute atomic E-state index is 13.2. The number of anilines is 1. The first-order valence-electron chi connectivity index (χ1n) is 6.83. The van der Waals surface area contributed by atoms with Gasteiger partial charge in [0.1, 0.15) is 0 Å². The Morgan fingerprint density at radius 2 is 2.14 bits per heavy atom. The Labute approximate surface area is 120 Å². The predicted octanol–water partition coefficient (Wildman–Crippen LogP) is 2.06. The molecule has 0 saturated carbocycles. The van der Waals surface area contributed by atoms with E-state index in [0.717, 1.165) is 19.0 Å². The van der Waals surface area contributed by atoms with Crippen LogP contribution in [0, 0.1) is 0 Å². The minimum Gasteiger partial charge on any atom is -0.381 e. The quantitative estimate of drug-likeness (QED) is 0.878. The van der Waals surface area contributed by atoms with Crippen molar-refractivity contribution in [2.45, 2.75) is 25.2 Å². The van der Waals surface area contributed by atoms with E-state index in [4.69, 9.17) is 0 Å². The molecule has 21 heavy (non-hydrogen) atoms. The highest BCUT2D eigenvalue weighted by Gasteiger charge is 2.39. The minimum atomic E-state index is -4.46. The molecular formula is C14H16F3N3O. The van der Waals surface area contributed by atoms with Crippen LogP contribution in [0.1, 0.15) is 27.9 Å². The van der Waals surface area contributed by atoms with Gasteiger partial charge in [-0.2, -0.15) is 13.2 Å². The lowest BCUT2D eigenvalue weighted by atomic mass is 10.0. The van der Waals surface area contributed by atoms with Gasteiger partial charge in [0.15, 0.2) is 0 Å². The number of nitrogens with zero attached hydrogens (tertiary/aromatic N) is 1. The molecule has 2 aliphatic heterocycles. The summed E-state index contributed by atoms with van der Waals surface area (Å²) in [6.45, 7) is 1.57. The SMILES string of the molecule is CN1Cc2c(cc(NC3CCNC3)cc2C(F)(F)F)C1=O. The van der Waals surface area contributed by atoms with Crippen LogP contribution in [0.15, 0.2) is 12.1 Å². The molecule has 1 amide bonds. The zero-order valence-electron chi connectivity index (χ0n) is 11.5. The third-order valence-corrected chi connectivity index (χ3v) is 3.96. The van der Waals surface area contributed by atoms with Gasteiger partial charge in [0.25, 0.3) is 5.91 Å². The van der Waals surface area contributed by atoms with Crippen molar-refractivity contribution in [1.82, 2.24) is 10.2 Å². The summed E-state index contributed by atoms with van der Waals surface area (Å²) in [5.41, 5.74) is -0.129. The molecule has 4 nitrogen and oxygen atoms in total. The third-order valence-electron chi connectivity index (χ3n) is 3.96. The van der Waals surface area contributed by atoms with E-state index in [2.05, 4.69) is 10.6 Å². The third kappa shape index (κ3) is 2.57. The van der Waals surface area contributed by atoms with Crippen molar-refractivity contribution in [3.8, 4) is 0 Å². The fraction of sp³-hybridized carbons (Fsp3) is 0.500. The normalized spacial score (nSPS) is 21.8. The highest BCUT2D eigenvalue weighted by molar-refractivity contribution is 5.99. The van der Waals surface area contributed by atoms with Crippen molar-refractivity contribution in [2.75, 3.05) is 25.5 Å². The molecule has 1 unspecified atom stereocenters. The summed E-state index contributed by atoms with van der Waals surface area (Å²) in [4.78, 5) is 13.3. The molecule has 1 saturated heterocycles. The maximum atomic E-state index is 13.2. The van der Waals surface area contributed by atoms with Gasteiger partial charge in [0.2, 0.25) is 0 Å². The number of halogens is 3. The van der Waals surface area contributed by atoms with Gasteiger partial charge in [-0.3, -0.25) is 4.79 Å². The van der Waals surface area contributed by atoms with E-state index >= 15 is 0 Å². The Hall–Kier alpha value is -1.76. The second-order valence-electron chi connectivity index (χ2n) is 5.54. The van der Waals surface area contributed by atoms with Gasteiger partial charge in [-0.1, -0.05) is 0 Å². The topological polar surface area (TPSA) is 44.4 Å². The van der Waals surface area contributed by atoms with Crippen molar-refractivity contribution in [1.29, 1.82) is 0 Å². The van der Waals surface area contributed by atoms with E-state index in [-0.39, 0.29) is 29.6 Å². The predicted molar refractivity (Wildman–Crippen MR) is 72.1 cm³/mol. The molecule has 1 fully saturated rings. The van der Waals surface area contributed by atoms with Crippen molar-refractivity contribution in [2.24, 2.45) is 0 Å². The lowest BCUT2D eigenvalue weighted by Crippen LogP contribution is -2.23. The zero-order valence-corrected chi connectivity index (χ0v) is 11.5. The summed E-state index contributed by atoms with van der Waals surface area (Å²) in [5, 5.41) is 6.23. The van der Waals surface area contributed by atoms with Gasteiger partial charge in [-0.15, -0.1) is 0 Å². The Morgan fingerprint density at radius 3 is 2.76 bits per heavy atom. The molecule has 2 heterocycles. The lowest BCUT2D eigenvalue weighted by molar-refractivity contribution is -0.138. The van der Waals surface area contributed by atoms with Crippen LogP contribution >= 0.6 is 0 Å². The monoisotopic (exact) mass is 299 g/mol. The number of hydrogen-bond acceptors (Lipinski definition) is 3. The van der Waals surface area contributed by atoms with Gasteiger partial charge in [0, 0.05) is 37.4 Å². The summed E-state index contributed by atoms with van der Waals surface area (Å²) < 4.78 is 39.7. The van der Waals surface area contributed by atoms with E-state index in [1.165, 1.54) is 18.0 Å². The van der Waals surface area contributed by atoms with Crippen LogP contribution in [0.4, 0.5) is 18.9 Å². The fourth-order valence-corrected chi connectivity index (χ4v) is 2.90. The average molecular weight is 299 g/mol. The first-order chi connectivity index (χ1) is 9.86. The number of carbonyl (C=O) groups excluding carboxylic acids is 1. The number of alkyl halides is 3. The van der Waals surface area contributed by atoms with Gasteiger partial charge in [-0.05, 0) is 30.7 Å². The first kappa shape index (κ1) is 14.2. The van der Waals surface area contributed by atoms with Crippen LogP contribution in [0.25, 0.3) is 0 Å². The van der Waals surface area contributed by atoms with Crippen LogP contribution in [0.5, 0.6) is 0 Å². The Balaban J connectivity index is 2.01. The number of fused-ring (bicyclic) bond motifs is 1. The van der Waals surface area contributed by atoms with Crippen molar-refractivity contribution >= 4 is 11.6 Å². The summed E-state index contributed by atoms with van der Waals surface area (Å²) in [6, 6.07) is 2.75. The second kappa shape index (κ2) is 4.91. The summed E-state index contributed by atoms with van der Waals surface area (Å²) in [7, 11) is 1.51. The van der Waals surface area contributed by atoms with E-state index in [1.807, 2.05) is 0 Å². The van der Waals surface area contributed by atoms with Gasteiger partial charge in [-0.25, -0.2) is 0 Å². The molecule has 7 heteroatoms. The van der Waals surface area contributed by atoms with Gasteiger partial charge in [0.05, 0.1) is 5.56 Å². The number of amides is 1. The number of carbonyl (C=O) groups is 1. The number of hydrogen-bond donors (Lipinski definition) is 2. The Morgan fingerprint density at radius 1 is 1.38 bits per heavy atom. The van der Waals surface area contributed by atoms with E-state index in [0.29, 0.717) is 12.2 Å². The highest BCUT2D eigenvalue weighted by Crippen LogP contribution is 2.39. The van der Waals surface area contributed by atoms with E-state index < -0.39 is 11.7 Å². The molecule has 3 rings (SSSR count). The molecule has 1 aromatic carbocycles. The van der Waals surface area contributed by atoms with Crippen LogP contribution in [-0.4, -0.2) is 37.0 Å². The second-order valence-corrected chi connectivity index (χ2v) is 5.54. The van der Waals surface area contributed by atoms with Gasteiger partial charge >= 0.3 is 6.18 Å². The molecule has 0 aliphatic carbocycles. The number of benzene rings is 1. The van der Waals surface area contributed by atoms with Crippen LogP contribution in [0.3, 0.4) is 0 Å². The molecule has 2 N–H and O–H groups in total. The molecule has 1 aromatic rings. The summed E-state index contributed by atoms with van der Waals surface area (Å²) in [5.74, 6) is -0.358. The van der Waals surface area contributed by atoms with Crippen LogP contribution in [0.2, 0.25) is 0 Å². The van der Waals surface area contributed by atoms with Crippen LogP contribution in [-0.2, 0) is 12.7 Å². The van der Waals surface area contributed by atoms with Crippen molar-refractivity contribution in [3.63, 3.8) is 0 Å². The smallest absolute Gasteiger partial charge is 0.381 e. The lowest BCUT2D eigenvalue weighted by Gasteiger charge is -2.17. The zero-order chi connectivity index (χ0) is 15.2. The van der Waals surface area contributed by atoms with Crippen LogP contribution < -0.4 is 10.6 Å². The van der Waals surface area contributed by atoms with Crippen molar-refractivity contribution in [3.05, 3.63) is 28.8 Å². The molecule has 1 atom stereocenters. The molecule has 0 aromatic heterocycles. The van der Waals surface area contributed by atoms with E-state index in [1.54, 1.807) is 0 Å². The van der Waals surface area contributed by atoms with Crippen molar-refractivity contribution < 1.29 is 18.0 Å². The number of rotatable bonds is 2. The minimum absolute atomic E-state index is 0.00821.